The van der Waals surface area contributed by atoms with Gasteiger partial charge in [0.2, 0.25) is 0 Å². The van der Waals surface area contributed by atoms with Crippen molar-refractivity contribution in [2.45, 2.75) is 50.2 Å². The highest BCUT2D eigenvalue weighted by Gasteiger charge is 2.42. The lowest BCUT2D eigenvalue weighted by Gasteiger charge is -2.44. The second kappa shape index (κ2) is 6.73. The summed E-state index contributed by atoms with van der Waals surface area (Å²) in [5, 5.41) is 3.28. The third kappa shape index (κ3) is 3.35. The minimum atomic E-state index is 0.0614. The molecular weight excluding hydrogens is 252 g/mol. The van der Waals surface area contributed by atoms with Crippen LogP contribution in [-0.4, -0.2) is 63.0 Å². The molecule has 3 fully saturated rings. The SMILES string of the molecule is CNCCC1CCN(C2CCOC3(CCOC3)C2)CC1. The summed E-state index contributed by atoms with van der Waals surface area (Å²) in [4.78, 5) is 2.73. The molecule has 0 aromatic carbocycles. The van der Waals surface area contributed by atoms with Gasteiger partial charge in [0.1, 0.15) is 0 Å². The highest BCUT2D eigenvalue weighted by molar-refractivity contribution is 4.94. The van der Waals surface area contributed by atoms with Crippen LogP contribution in [0.25, 0.3) is 0 Å². The van der Waals surface area contributed by atoms with Crippen LogP contribution in [-0.2, 0) is 9.47 Å². The maximum atomic E-state index is 6.06. The molecule has 0 amide bonds. The Morgan fingerprint density at radius 2 is 2.05 bits per heavy atom. The quantitative estimate of drug-likeness (QED) is 0.850. The van der Waals surface area contributed by atoms with Gasteiger partial charge in [-0.15, -0.1) is 0 Å². The van der Waals surface area contributed by atoms with E-state index in [0.717, 1.165) is 38.2 Å². The number of likely N-dealkylation sites (tertiary alicyclic amines) is 1. The van der Waals surface area contributed by atoms with Crippen molar-refractivity contribution >= 4 is 0 Å². The average Bonchev–Trinajstić information content (AvgIpc) is 2.93. The second-order valence-corrected chi connectivity index (χ2v) is 6.85. The molecule has 4 nitrogen and oxygen atoms in total. The number of nitrogens with one attached hydrogen (secondary N) is 1. The van der Waals surface area contributed by atoms with Gasteiger partial charge < -0.3 is 19.7 Å². The third-order valence-electron chi connectivity index (χ3n) is 5.50. The molecule has 0 saturated carbocycles. The molecule has 0 bridgehead atoms. The number of nitrogens with zero attached hydrogens (tertiary/aromatic N) is 1. The zero-order valence-electron chi connectivity index (χ0n) is 12.9. The number of piperidine rings is 1. The lowest BCUT2D eigenvalue weighted by molar-refractivity contribution is -0.109. The molecule has 116 valence electrons. The molecule has 2 atom stereocenters. The smallest absolute Gasteiger partial charge is 0.0951 e. The van der Waals surface area contributed by atoms with E-state index in [1.54, 1.807) is 0 Å². The first kappa shape index (κ1) is 14.8. The van der Waals surface area contributed by atoms with Crippen molar-refractivity contribution in [1.29, 1.82) is 0 Å². The van der Waals surface area contributed by atoms with Gasteiger partial charge in [0.25, 0.3) is 0 Å². The van der Waals surface area contributed by atoms with E-state index in [9.17, 15) is 0 Å². The van der Waals surface area contributed by atoms with Crippen LogP contribution in [0.5, 0.6) is 0 Å². The van der Waals surface area contributed by atoms with E-state index in [1.165, 1.54) is 51.7 Å². The summed E-state index contributed by atoms with van der Waals surface area (Å²) in [6.07, 6.45) is 7.60. The standard InChI is InChI=1S/C16H30N2O2/c1-17-7-2-14-3-8-18(9-4-14)15-5-10-20-16(12-15)6-11-19-13-16/h14-15,17H,2-13H2,1H3. The second-order valence-electron chi connectivity index (χ2n) is 6.85. The normalized spacial score (nSPS) is 36.8. The zero-order valence-corrected chi connectivity index (χ0v) is 12.9. The molecule has 2 unspecified atom stereocenters. The van der Waals surface area contributed by atoms with Gasteiger partial charge >= 0.3 is 0 Å². The fraction of sp³-hybridized carbons (Fsp3) is 1.00. The first-order valence-corrected chi connectivity index (χ1v) is 8.42. The van der Waals surface area contributed by atoms with Crippen molar-refractivity contribution in [3.05, 3.63) is 0 Å². The Morgan fingerprint density at radius 3 is 2.75 bits per heavy atom. The molecule has 3 rings (SSSR count). The zero-order chi connectivity index (χ0) is 13.8. The highest BCUT2D eigenvalue weighted by atomic mass is 16.6. The first-order valence-electron chi connectivity index (χ1n) is 8.42. The van der Waals surface area contributed by atoms with E-state index in [-0.39, 0.29) is 5.60 Å². The van der Waals surface area contributed by atoms with Crippen molar-refractivity contribution < 1.29 is 9.47 Å². The van der Waals surface area contributed by atoms with Crippen LogP contribution in [0.4, 0.5) is 0 Å². The maximum absolute atomic E-state index is 6.06. The number of hydrogen-bond acceptors (Lipinski definition) is 4. The molecule has 3 saturated heterocycles. The lowest BCUT2D eigenvalue weighted by Crippen LogP contribution is -2.51. The van der Waals surface area contributed by atoms with Crippen LogP contribution in [0.1, 0.15) is 38.5 Å². The Morgan fingerprint density at radius 1 is 1.20 bits per heavy atom. The minimum Gasteiger partial charge on any atom is -0.378 e. The van der Waals surface area contributed by atoms with Gasteiger partial charge in [-0.1, -0.05) is 0 Å². The Hall–Kier alpha value is -0.160. The van der Waals surface area contributed by atoms with Crippen LogP contribution in [0, 0.1) is 5.92 Å². The summed E-state index contributed by atoms with van der Waals surface area (Å²) >= 11 is 0. The molecule has 4 heteroatoms. The topological polar surface area (TPSA) is 33.7 Å². The third-order valence-corrected chi connectivity index (χ3v) is 5.50. The van der Waals surface area contributed by atoms with Crippen molar-refractivity contribution in [1.82, 2.24) is 10.2 Å². The first-order chi connectivity index (χ1) is 9.81. The average molecular weight is 282 g/mol. The number of rotatable bonds is 4. The predicted molar refractivity (Wildman–Crippen MR) is 80.0 cm³/mol. The summed E-state index contributed by atoms with van der Waals surface area (Å²) in [5.41, 5.74) is 0.0614. The molecular formula is C16H30N2O2. The van der Waals surface area contributed by atoms with Crippen LogP contribution < -0.4 is 5.32 Å². The van der Waals surface area contributed by atoms with E-state index < -0.39 is 0 Å². The van der Waals surface area contributed by atoms with E-state index in [4.69, 9.17) is 9.47 Å². The summed E-state index contributed by atoms with van der Waals surface area (Å²) in [7, 11) is 2.06. The van der Waals surface area contributed by atoms with Crippen LogP contribution in [0.15, 0.2) is 0 Å². The molecule has 1 N–H and O–H groups in total. The Balaban J connectivity index is 1.48. The van der Waals surface area contributed by atoms with Crippen LogP contribution in [0.2, 0.25) is 0 Å². The van der Waals surface area contributed by atoms with Crippen LogP contribution in [0.3, 0.4) is 0 Å². The molecule has 0 aromatic rings. The summed E-state index contributed by atoms with van der Waals surface area (Å²) in [6, 6.07) is 0.732. The van der Waals surface area contributed by atoms with Crippen molar-refractivity contribution in [2.24, 2.45) is 5.92 Å². The van der Waals surface area contributed by atoms with Crippen molar-refractivity contribution in [3.63, 3.8) is 0 Å². The van der Waals surface area contributed by atoms with Gasteiger partial charge in [-0.25, -0.2) is 0 Å². The summed E-state index contributed by atoms with van der Waals surface area (Å²) < 4.78 is 11.6. The minimum absolute atomic E-state index is 0.0614. The molecule has 3 aliphatic heterocycles. The van der Waals surface area contributed by atoms with Gasteiger partial charge in [-0.2, -0.15) is 0 Å². The Kier molecular flexibility index (Phi) is 4.97. The fourth-order valence-electron chi connectivity index (χ4n) is 4.13. The van der Waals surface area contributed by atoms with Gasteiger partial charge in [-0.3, -0.25) is 0 Å². The van der Waals surface area contributed by atoms with Gasteiger partial charge in [0.05, 0.1) is 12.2 Å². The summed E-state index contributed by atoms with van der Waals surface area (Å²) in [5.74, 6) is 0.933. The Bertz CT molecular complexity index is 297. The molecule has 0 radical (unpaired) electrons. The monoisotopic (exact) mass is 282 g/mol. The number of hydrogen-bond donors (Lipinski definition) is 1. The summed E-state index contributed by atoms with van der Waals surface area (Å²) in [6.45, 7) is 6.38. The molecule has 1 spiro atoms. The lowest BCUT2D eigenvalue weighted by atomic mass is 9.86. The molecule has 3 aliphatic rings. The van der Waals surface area contributed by atoms with E-state index in [1.807, 2.05) is 0 Å². The largest absolute Gasteiger partial charge is 0.378 e. The molecule has 0 aromatic heterocycles. The van der Waals surface area contributed by atoms with Gasteiger partial charge in [-0.05, 0) is 64.7 Å². The Labute approximate surface area is 123 Å². The maximum Gasteiger partial charge on any atom is 0.0951 e. The van der Waals surface area contributed by atoms with Crippen LogP contribution >= 0.6 is 0 Å². The molecule has 20 heavy (non-hydrogen) atoms. The highest BCUT2D eigenvalue weighted by Crippen LogP contribution is 2.36. The molecule has 3 heterocycles. The van der Waals surface area contributed by atoms with E-state index in [2.05, 4.69) is 17.3 Å². The van der Waals surface area contributed by atoms with Crippen molar-refractivity contribution in [2.75, 3.05) is 46.5 Å². The van der Waals surface area contributed by atoms with Gasteiger partial charge in [0.15, 0.2) is 0 Å². The predicted octanol–water partition coefficient (Wildman–Crippen LogP) is 1.65. The van der Waals surface area contributed by atoms with E-state index in [0.29, 0.717) is 0 Å². The van der Waals surface area contributed by atoms with E-state index >= 15 is 0 Å². The van der Waals surface area contributed by atoms with Crippen molar-refractivity contribution in [3.8, 4) is 0 Å². The molecule has 0 aliphatic carbocycles. The van der Waals surface area contributed by atoms with Gasteiger partial charge in [0, 0.05) is 25.7 Å². The number of ether oxygens (including phenoxy) is 2. The fourth-order valence-corrected chi connectivity index (χ4v) is 4.13.